The highest BCUT2D eigenvalue weighted by molar-refractivity contribution is 5.98. The lowest BCUT2D eigenvalue weighted by Gasteiger charge is -2.27. The van der Waals surface area contributed by atoms with E-state index in [1.807, 2.05) is 48.5 Å². The summed E-state index contributed by atoms with van der Waals surface area (Å²) in [6.45, 7) is 3.15. The van der Waals surface area contributed by atoms with E-state index >= 15 is 0 Å². The van der Waals surface area contributed by atoms with Crippen LogP contribution in [0.3, 0.4) is 0 Å². The Balaban J connectivity index is 1.46. The van der Waals surface area contributed by atoms with Gasteiger partial charge in [0.2, 0.25) is 5.95 Å². The molecule has 0 radical (unpaired) electrons. The van der Waals surface area contributed by atoms with Gasteiger partial charge >= 0.3 is 0 Å². The lowest BCUT2D eigenvalue weighted by molar-refractivity contribution is 0.122. The fourth-order valence-corrected chi connectivity index (χ4v) is 3.53. The van der Waals surface area contributed by atoms with E-state index in [2.05, 4.69) is 25.2 Å². The molecule has 0 aliphatic carbocycles. The molecule has 0 amide bonds. The third-order valence-electron chi connectivity index (χ3n) is 5.04. The van der Waals surface area contributed by atoms with Gasteiger partial charge in [0.15, 0.2) is 0 Å². The highest BCUT2D eigenvalue weighted by Gasteiger charge is 2.14. The molecule has 5 rings (SSSR count). The number of hydrogen-bond acceptors (Lipinski definition) is 8. The number of ether oxygens (including phenoxy) is 1. The van der Waals surface area contributed by atoms with Crippen LogP contribution in [0.5, 0.6) is 0 Å². The standard InChI is InChI=1S/C22H21N7O/c23-21-17-5-3-4-16(18-6-1-2-9-24-18)20(17)27-22(28-21)26-15-7-8-19(25-14-15)29-10-12-30-13-11-29/h1-9,14H,10-13H2,(H3,23,26,27,28). The van der Waals surface area contributed by atoms with E-state index in [0.29, 0.717) is 11.8 Å². The van der Waals surface area contributed by atoms with Crippen LogP contribution in [0.1, 0.15) is 0 Å². The lowest BCUT2D eigenvalue weighted by atomic mass is 10.1. The minimum Gasteiger partial charge on any atom is -0.383 e. The van der Waals surface area contributed by atoms with Crippen LogP contribution < -0.4 is 16.0 Å². The smallest absolute Gasteiger partial charge is 0.229 e. The van der Waals surface area contributed by atoms with Gasteiger partial charge in [0, 0.05) is 30.2 Å². The monoisotopic (exact) mass is 399 g/mol. The summed E-state index contributed by atoms with van der Waals surface area (Å²) in [5.41, 5.74) is 9.53. The van der Waals surface area contributed by atoms with Gasteiger partial charge in [0.25, 0.3) is 0 Å². The first-order valence-electron chi connectivity index (χ1n) is 9.81. The molecule has 4 aromatic rings. The number of nitrogen functional groups attached to an aromatic ring is 1. The largest absolute Gasteiger partial charge is 0.383 e. The summed E-state index contributed by atoms with van der Waals surface area (Å²) in [5.74, 6) is 1.77. The number of benzene rings is 1. The second-order valence-electron chi connectivity index (χ2n) is 6.98. The summed E-state index contributed by atoms with van der Waals surface area (Å²) in [6, 6.07) is 15.6. The Morgan fingerprint density at radius 2 is 1.83 bits per heavy atom. The van der Waals surface area contributed by atoms with Crippen molar-refractivity contribution in [1.29, 1.82) is 0 Å². The first kappa shape index (κ1) is 18.3. The van der Waals surface area contributed by atoms with Gasteiger partial charge < -0.3 is 20.7 Å². The molecule has 3 aromatic heterocycles. The van der Waals surface area contributed by atoms with Crippen LogP contribution in [0, 0.1) is 0 Å². The van der Waals surface area contributed by atoms with Crippen LogP contribution >= 0.6 is 0 Å². The van der Waals surface area contributed by atoms with Crippen molar-refractivity contribution in [1.82, 2.24) is 19.9 Å². The Bertz CT molecular complexity index is 1160. The minimum atomic E-state index is 0.415. The average molecular weight is 399 g/mol. The fraction of sp³-hybridized carbons (Fsp3) is 0.182. The second kappa shape index (κ2) is 7.92. The Morgan fingerprint density at radius 3 is 2.60 bits per heavy atom. The molecule has 0 atom stereocenters. The van der Waals surface area contributed by atoms with Gasteiger partial charge in [-0.1, -0.05) is 18.2 Å². The summed E-state index contributed by atoms with van der Waals surface area (Å²) in [7, 11) is 0. The first-order chi connectivity index (χ1) is 14.8. The molecule has 4 heterocycles. The summed E-state index contributed by atoms with van der Waals surface area (Å²) in [5, 5.41) is 4.01. The van der Waals surface area contributed by atoms with Crippen LogP contribution in [-0.2, 0) is 4.74 Å². The maximum Gasteiger partial charge on any atom is 0.229 e. The molecule has 0 unspecified atom stereocenters. The summed E-state index contributed by atoms with van der Waals surface area (Å²) in [4.78, 5) is 20.4. The number of nitrogens with one attached hydrogen (secondary N) is 1. The van der Waals surface area contributed by atoms with Crippen LogP contribution in [-0.4, -0.2) is 46.2 Å². The van der Waals surface area contributed by atoms with Gasteiger partial charge in [-0.15, -0.1) is 0 Å². The Morgan fingerprint density at radius 1 is 0.933 bits per heavy atom. The van der Waals surface area contributed by atoms with Crippen LogP contribution in [0.2, 0.25) is 0 Å². The van der Waals surface area contributed by atoms with Crippen molar-refractivity contribution < 1.29 is 4.74 Å². The number of para-hydroxylation sites is 1. The van der Waals surface area contributed by atoms with E-state index in [4.69, 9.17) is 15.5 Å². The van der Waals surface area contributed by atoms with Gasteiger partial charge in [0.1, 0.15) is 11.6 Å². The molecule has 8 nitrogen and oxygen atoms in total. The molecule has 0 saturated carbocycles. The third kappa shape index (κ3) is 3.60. The zero-order valence-electron chi connectivity index (χ0n) is 16.3. The predicted octanol–water partition coefficient (Wildman–Crippen LogP) is 3.25. The van der Waals surface area contributed by atoms with Crippen molar-refractivity contribution in [3.63, 3.8) is 0 Å². The van der Waals surface area contributed by atoms with Gasteiger partial charge in [-0.25, -0.2) is 9.97 Å². The molecule has 1 fully saturated rings. The maximum absolute atomic E-state index is 6.23. The summed E-state index contributed by atoms with van der Waals surface area (Å²) < 4.78 is 5.40. The zero-order valence-corrected chi connectivity index (χ0v) is 16.3. The number of anilines is 4. The molecule has 0 bridgehead atoms. The summed E-state index contributed by atoms with van der Waals surface area (Å²) >= 11 is 0. The van der Waals surface area contributed by atoms with E-state index in [1.165, 1.54) is 0 Å². The second-order valence-corrected chi connectivity index (χ2v) is 6.98. The summed E-state index contributed by atoms with van der Waals surface area (Å²) in [6.07, 6.45) is 3.54. The number of hydrogen-bond donors (Lipinski definition) is 2. The van der Waals surface area contributed by atoms with Gasteiger partial charge in [0.05, 0.1) is 36.3 Å². The van der Waals surface area contributed by atoms with Crippen molar-refractivity contribution in [2.24, 2.45) is 0 Å². The average Bonchev–Trinajstić information content (AvgIpc) is 2.80. The molecule has 3 N–H and O–H groups in total. The predicted molar refractivity (Wildman–Crippen MR) is 118 cm³/mol. The van der Waals surface area contributed by atoms with E-state index in [9.17, 15) is 0 Å². The van der Waals surface area contributed by atoms with Crippen LogP contribution in [0.25, 0.3) is 22.2 Å². The molecule has 1 aliphatic heterocycles. The molecule has 30 heavy (non-hydrogen) atoms. The Labute approximate surface area is 173 Å². The highest BCUT2D eigenvalue weighted by atomic mass is 16.5. The SMILES string of the molecule is Nc1nc(Nc2ccc(N3CCOCC3)nc2)nc2c(-c3ccccn3)cccc12. The first-order valence-corrected chi connectivity index (χ1v) is 9.81. The number of nitrogens with zero attached hydrogens (tertiary/aromatic N) is 5. The number of pyridine rings is 2. The van der Waals surface area contributed by atoms with E-state index in [-0.39, 0.29) is 0 Å². The molecule has 150 valence electrons. The topological polar surface area (TPSA) is 102 Å². The third-order valence-corrected chi connectivity index (χ3v) is 5.04. The van der Waals surface area contributed by atoms with E-state index in [1.54, 1.807) is 12.4 Å². The Kier molecular flexibility index (Phi) is 4.82. The van der Waals surface area contributed by atoms with E-state index in [0.717, 1.165) is 60.0 Å². The van der Waals surface area contributed by atoms with Crippen molar-refractivity contribution >= 4 is 34.2 Å². The highest BCUT2D eigenvalue weighted by Crippen LogP contribution is 2.30. The minimum absolute atomic E-state index is 0.415. The number of nitrogens with two attached hydrogens (primary N) is 1. The number of aromatic nitrogens is 4. The van der Waals surface area contributed by atoms with Crippen molar-refractivity contribution in [3.05, 3.63) is 60.9 Å². The number of fused-ring (bicyclic) bond motifs is 1. The number of rotatable bonds is 4. The number of morpholine rings is 1. The molecule has 0 spiro atoms. The van der Waals surface area contributed by atoms with Gasteiger partial charge in [-0.2, -0.15) is 4.98 Å². The van der Waals surface area contributed by atoms with Crippen LogP contribution in [0.15, 0.2) is 60.9 Å². The van der Waals surface area contributed by atoms with Gasteiger partial charge in [-0.05, 0) is 30.3 Å². The molecule has 8 heteroatoms. The maximum atomic E-state index is 6.23. The van der Waals surface area contributed by atoms with Gasteiger partial charge in [-0.3, -0.25) is 4.98 Å². The fourth-order valence-electron chi connectivity index (χ4n) is 3.53. The molecular formula is C22H21N7O. The van der Waals surface area contributed by atoms with Crippen molar-refractivity contribution in [2.75, 3.05) is 42.3 Å². The van der Waals surface area contributed by atoms with Crippen molar-refractivity contribution in [3.8, 4) is 11.3 Å². The molecular weight excluding hydrogens is 378 g/mol. The lowest BCUT2D eigenvalue weighted by Crippen LogP contribution is -2.36. The molecule has 1 aromatic carbocycles. The zero-order chi connectivity index (χ0) is 20.3. The molecule has 1 aliphatic rings. The molecule has 1 saturated heterocycles. The quantitative estimate of drug-likeness (QED) is 0.539. The van der Waals surface area contributed by atoms with Crippen molar-refractivity contribution in [2.45, 2.75) is 0 Å². The van der Waals surface area contributed by atoms with Crippen LogP contribution in [0.4, 0.5) is 23.3 Å². The Hall–Kier alpha value is -3.78. The van der Waals surface area contributed by atoms with E-state index < -0.39 is 0 Å². The normalized spacial score (nSPS) is 14.1.